The van der Waals surface area contributed by atoms with Gasteiger partial charge >= 0.3 is 0 Å². The second-order valence-electron chi connectivity index (χ2n) is 6.05. The highest BCUT2D eigenvalue weighted by Gasteiger charge is 2.39. The molecule has 1 atom stereocenters. The van der Waals surface area contributed by atoms with E-state index in [1.165, 1.54) is 0 Å². The normalized spacial score (nSPS) is 22.3. The standard InChI is InChI=1S/C18H22N2O/c1-2-8-18(9-5-10-19-13-18)17(21)16-12-20-11-14-6-3-4-7-15(14)16/h3-4,6-7,11-12,19H,2,5,8-10,13H2,1H3. The summed E-state index contributed by atoms with van der Waals surface area (Å²) in [5.74, 6) is 0.265. The zero-order chi connectivity index (χ0) is 14.7. The van der Waals surface area contributed by atoms with Gasteiger partial charge in [-0.25, -0.2) is 0 Å². The summed E-state index contributed by atoms with van der Waals surface area (Å²) in [5.41, 5.74) is 0.531. The average molecular weight is 282 g/mol. The zero-order valence-corrected chi connectivity index (χ0v) is 12.6. The molecule has 0 amide bonds. The molecule has 1 N–H and O–H groups in total. The van der Waals surface area contributed by atoms with E-state index in [-0.39, 0.29) is 11.2 Å². The second kappa shape index (κ2) is 5.94. The fraction of sp³-hybridized carbons (Fsp3) is 0.444. The van der Waals surface area contributed by atoms with Crippen molar-refractivity contribution in [1.82, 2.24) is 10.3 Å². The molecule has 110 valence electrons. The van der Waals surface area contributed by atoms with Crippen LogP contribution >= 0.6 is 0 Å². The molecule has 2 aromatic rings. The van der Waals surface area contributed by atoms with Gasteiger partial charge in [-0.1, -0.05) is 37.6 Å². The minimum atomic E-state index is -0.251. The van der Waals surface area contributed by atoms with Crippen molar-refractivity contribution in [3.63, 3.8) is 0 Å². The van der Waals surface area contributed by atoms with Crippen LogP contribution in [0, 0.1) is 5.41 Å². The molecular weight excluding hydrogens is 260 g/mol. The van der Waals surface area contributed by atoms with Crippen molar-refractivity contribution >= 4 is 16.6 Å². The molecule has 0 radical (unpaired) electrons. The lowest BCUT2D eigenvalue weighted by Crippen LogP contribution is -2.45. The van der Waals surface area contributed by atoms with Crippen molar-refractivity contribution in [2.45, 2.75) is 32.6 Å². The number of piperidine rings is 1. The largest absolute Gasteiger partial charge is 0.316 e. The highest BCUT2D eigenvalue weighted by Crippen LogP contribution is 2.36. The van der Waals surface area contributed by atoms with Crippen molar-refractivity contribution < 1.29 is 4.79 Å². The van der Waals surface area contributed by atoms with Gasteiger partial charge in [0, 0.05) is 35.3 Å². The summed E-state index contributed by atoms with van der Waals surface area (Å²) in [7, 11) is 0. The molecule has 1 fully saturated rings. The molecule has 0 aliphatic carbocycles. The SMILES string of the molecule is CCCC1(C(=O)c2cncc3ccccc23)CCCNC1. The summed E-state index contributed by atoms with van der Waals surface area (Å²) in [4.78, 5) is 17.5. The number of rotatable bonds is 4. The molecule has 1 saturated heterocycles. The van der Waals surface area contributed by atoms with E-state index >= 15 is 0 Å². The summed E-state index contributed by atoms with van der Waals surface area (Å²) < 4.78 is 0. The number of nitrogens with one attached hydrogen (secondary N) is 1. The highest BCUT2D eigenvalue weighted by molar-refractivity contribution is 6.10. The van der Waals surface area contributed by atoms with E-state index in [4.69, 9.17) is 0 Å². The van der Waals surface area contributed by atoms with Gasteiger partial charge in [0.05, 0.1) is 0 Å². The molecule has 3 rings (SSSR count). The first-order chi connectivity index (χ1) is 10.3. The van der Waals surface area contributed by atoms with E-state index in [1.807, 2.05) is 30.5 Å². The molecule has 21 heavy (non-hydrogen) atoms. The number of hydrogen-bond acceptors (Lipinski definition) is 3. The summed E-state index contributed by atoms with van der Waals surface area (Å²) in [5, 5.41) is 5.48. The number of carbonyl (C=O) groups excluding carboxylic acids is 1. The van der Waals surface area contributed by atoms with Crippen molar-refractivity contribution in [2.24, 2.45) is 5.41 Å². The van der Waals surface area contributed by atoms with Gasteiger partial charge in [-0.05, 0) is 31.2 Å². The molecule has 2 heterocycles. The molecule has 1 aliphatic heterocycles. The summed E-state index contributed by atoms with van der Waals surface area (Å²) >= 11 is 0. The van der Waals surface area contributed by atoms with Crippen molar-refractivity contribution in [3.05, 3.63) is 42.2 Å². The van der Waals surface area contributed by atoms with Gasteiger partial charge in [0.2, 0.25) is 0 Å². The third-order valence-corrected chi connectivity index (χ3v) is 4.60. The molecule has 3 heteroatoms. The molecule has 0 bridgehead atoms. The first-order valence-corrected chi connectivity index (χ1v) is 7.85. The lowest BCUT2D eigenvalue weighted by molar-refractivity contribution is 0.0719. The van der Waals surface area contributed by atoms with Crippen LogP contribution in [0.1, 0.15) is 43.0 Å². The Bertz CT molecular complexity index is 634. The van der Waals surface area contributed by atoms with Gasteiger partial charge in [-0.2, -0.15) is 0 Å². The van der Waals surface area contributed by atoms with Gasteiger partial charge < -0.3 is 5.32 Å². The topological polar surface area (TPSA) is 42.0 Å². The lowest BCUT2D eigenvalue weighted by Gasteiger charge is -2.36. The smallest absolute Gasteiger partial charge is 0.172 e. The fourth-order valence-corrected chi connectivity index (χ4v) is 3.55. The van der Waals surface area contributed by atoms with Crippen LogP contribution in [0.25, 0.3) is 10.8 Å². The number of carbonyl (C=O) groups is 1. The summed E-state index contributed by atoms with van der Waals surface area (Å²) in [6, 6.07) is 8.03. The van der Waals surface area contributed by atoms with E-state index in [0.29, 0.717) is 0 Å². The maximum atomic E-state index is 13.2. The Kier molecular flexibility index (Phi) is 4.02. The van der Waals surface area contributed by atoms with Gasteiger partial charge in [-0.3, -0.25) is 9.78 Å². The Labute approximate surface area is 125 Å². The van der Waals surface area contributed by atoms with Crippen LogP contribution in [0.5, 0.6) is 0 Å². The first kappa shape index (κ1) is 14.2. The maximum Gasteiger partial charge on any atom is 0.172 e. The van der Waals surface area contributed by atoms with Crippen molar-refractivity contribution in [1.29, 1.82) is 0 Å². The third-order valence-electron chi connectivity index (χ3n) is 4.60. The van der Waals surface area contributed by atoms with E-state index in [2.05, 4.69) is 17.2 Å². The predicted octanol–water partition coefficient (Wildman–Crippen LogP) is 3.59. The lowest BCUT2D eigenvalue weighted by atomic mass is 9.71. The van der Waals surface area contributed by atoms with E-state index in [0.717, 1.165) is 55.1 Å². The van der Waals surface area contributed by atoms with Crippen LogP contribution in [0.15, 0.2) is 36.7 Å². The number of Topliss-reactive ketones (excluding diaryl/α,β-unsaturated/α-hetero) is 1. The van der Waals surface area contributed by atoms with Gasteiger partial charge in [0.1, 0.15) is 0 Å². The summed E-state index contributed by atoms with van der Waals surface area (Å²) in [6.07, 6.45) is 7.61. The van der Waals surface area contributed by atoms with Crippen LogP contribution in [-0.2, 0) is 0 Å². The minimum Gasteiger partial charge on any atom is -0.316 e. The van der Waals surface area contributed by atoms with E-state index in [9.17, 15) is 4.79 Å². The number of nitrogens with zero attached hydrogens (tertiary/aromatic N) is 1. The van der Waals surface area contributed by atoms with E-state index < -0.39 is 0 Å². The molecule has 1 unspecified atom stereocenters. The Morgan fingerprint density at radius 2 is 2.19 bits per heavy atom. The van der Waals surface area contributed by atoms with Crippen LogP contribution in [-0.4, -0.2) is 23.9 Å². The molecule has 1 aromatic carbocycles. The van der Waals surface area contributed by atoms with Crippen molar-refractivity contribution in [3.8, 4) is 0 Å². The molecule has 1 aromatic heterocycles. The maximum absolute atomic E-state index is 13.2. The minimum absolute atomic E-state index is 0.251. The number of fused-ring (bicyclic) bond motifs is 1. The number of ketones is 1. The monoisotopic (exact) mass is 282 g/mol. The number of pyridine rings is 1. The summed E-state index contributed by atoms with van der Waals surface area (Å²) in [6.45, 7) is 3.97. The van der Waals surface area contributed by atoms with Crippen LogP contribution in [0.4, 0.5) is 0 Å². The first-order valence-electron chi connectivity index (χ1n) is 7.85. The Balaban J connectivity index is 2.06. The van der Waals surface area contributed by atoms with Gasteiger partial charge in [-0.15, -0.1) is 0 Å². The molecule has 1 aliphatic rings. The molecule has 0 spiro atoms. The molecule has 0 saturated carbocycles. The molecular formula is C18H22N2O. The second-order valence-corrected chi connectivity index (χ2v) is 6.05. The van der Waals surface area contributed by atoms with Crippen molar-refractivity contribution in [2.75, 3.05) is 13.1 Å². The Hall–Kier alpha value is -1.74. The number of aromatic nitrogens is 1. The third kappa shape index (κ3) is 2.58. The van der Waals surface area contributed by atoms with Gasteiger partial charge in [0.25, 0.3) is 0 Å². The Morgan fingerprint density at radius 1 is 1.33 bits per heavy atom. The highest BCUT2D eigenvalue weighted by atomic mass is 16.1. The van der Waals surface area contributed by atoms with E-state index in [1.54, 1.807) is 6.20 Å². The number of benzene rings is 1. The quantitative estimate of drug-likeness (QED) is 0.871. The molecule has 3 nitrogen and oxygen atoms in total. The number of hydrogen-bond donors (Lipinski definition) is 1. The van der Waals surface area contributed by atoms with Crippen LogP contribution < -0.4 is 5.32 Å². The average Bonchev–Trinajstić information content (AvgIpc) is 2.55. The van der Waals surface area contributed by atoms with Crippen LogP contribution in [0.3, 0.4) is 0 Å². The van der Waals surface area contributed by atoms with Gasteiger partial charge in [0.15, 0.2) is 5.78 Å². The fourth-order valence-electron chi connectivity index (χ4n) is 3.55. The Morgan fingerprint density at radius 3 is 2.95 bits per heavy atom. The predicted molar refractivity (Wildman–Crippen MR) is 85.5 cm³/mol. The van der Waals surface area contributed by atoms with Crippen LogP contribution in [0.2, 0.25) is 0 Å². The zero-order valence-electron chi connectivity index (χ0n) is 12.6.